The smallest absolute Gasteiger partial charge is 0.255 e. The van der Waals surface area contributed by atoms with E-state index < -0.39 is 0 Å². The van der Waals surface area contributed by atoms with Gasteiger partial charge in [0.15, 0.2) is 0 Å². The molecule has 0 spiro atoms. The molecule has 2 aromatic rings. The molecular weight excluding hydrogens is 308 g/mol. The topological polar surface area (TPSA) is 41.1 Å². The number of carbonyl (C=O) groups is 1. The maximum Gasteiger partial charge on any atom is 0.255 e. The Morgan fingerprint density at radius 1 is 1.04 bits per heavy atom. The molecule has 1 amide bonds. The van der Waals surface area contributed by atoms with Crippen LogP contribution in [-0.2, 0) is 6.42 Å². The highest BCUT2D eigenvalue weighted by atomic mass is 16.1. The van der Waals surface area contributed by atoms with Crippen LogP contribution in [0.15, 0.2) is 54.6 Å². The van der Waals surface area contributed by atoms with Gasteiger partial charge in [-0.2, -0.15) is 0 Å². The molecule has 0 saturated heterocycles. The summed E-state index contributed by atoms with van der Waals surface area (Å²) in [5.74, 6) is 1.74. The molecule has 25 heavy (non-hydrogen) atoms. The van der Waals surface area contributed by atoms with E-state index in [0.717, 1.165) is 35.5 Å². The standard InChI is InChI=1S/C22H26N2O/c25-22(24-20-7-2-1-3-8-20)19-6-4-5-16(13-19)11-12-18-14-21(18)23-15-17-9-10-17/h1-8,13,17-18,21,23H,9-12,14-15H2,(H,24,25). The van der Waals surface area contributed by atoms with Crippen molar-refractivity contribution in [3.8, 4) is 0 Å². The minimum Gasteiger partial charge on any atom is -0.322 e. The van der Waals surface area contributed by atoms with Crippen LogP contribution < -0.4 is 10.6 Å². The summed E-state index contributed by atoms with van der Waals surface area (Å²) in [5.41, 5.74) is 2.83. The van der Waals surface area contributed by atoms with E-state index in [0.29, 0.717) is 0 Å². The zero-order valence-electron chi connectivity index (χ0n) is 14.6. The Kier molecular flexibility index (Phi) is 4.84. The van der Waals surface area contributed by atoms with Gasteiger partial charge in [0, 0.05) is 17.3 Å². The number of carbonyl (C=O) groups excluding carboxylic acids is 1. The fourth-order valence-electron chi connectivity index (χ4n) is 3.40. The average Bonchev–Trinajstić information content (AvgIpc) is 3.54. The summed E-state index contributed by atoms with van der Waals surface area (Å²) < 4.78 is 0. The number of amides is 1. The predicted octanol–water partition coefficient (Wildman–Crippen LogP) is 4.26. The van der Waals surface area contributed by atoms with Gasteiger partial charge in [-0.05, 0) is 80.3 Å². The molecule has 0 aliphatic heterocycles. The molecule has 3 heteroatoms. The van der Waals surface area contributed by atoms with E-state index in [1.807, 2.05) is 48.5 Å². The second kappa shape index (κ2) is 7.40. The lowest BCUT2D eigenvalue weighted by Crippen LogP contribution is -2.20. The molecule has 0 aromatic heterocycles. The van der Waals surface area contributed by atoms with Crippen LogP contribution in [0.4, 0.5) is 5.69 Å². The third kappa shape index (κ3) is 4.70. The highest BCUT2D eigenvalue weighted by molar-refractivity contribution is 6.04. The summed E-state index contributed by atoms with van der Waals surface area (Å²) >= 11 is 0. The Labute approximate surface area is 149 Å². The summed E-state index contributed by atoms with van der Waals surface area (Å²) in [4.78, 5) is 12.4. The van der Waals surface area contributed by atoms with E-state index in [-0.39, 0.29) is 5.91 Å². The lowest BCUT2D eigenvalue weighted by molar-refractivity contribution is 0.102. The van der Waals surface area contributed by atoms with Gasteiger partial charge in [0.2, 0.25) is 0 Å². The number of benzene rings is 2. The van der Waals surface area contributed by atoms with E-state index in [2.05, 4.69) is 16.7 Å². The molecule has 2 fully saturated rings. The molecule has 2 aliphatic rings. The third-order valence-electron chi connectivity index (χ3n) is 5.31. The molecule has 2 saturated carbocycles. The molecule has 0 bridgehead atoms. The first kappa shape index (κ1) is 16.3. The van der Waals surface area contributed by atoms with Gasteiger partial charge in [-0.3, -0.25) is 4.79 Å². The van der Waals surface area contributed by atoms with E-state index >= 15 is 0 Å². The van der Waals surface area contributed by atoms with Crippen molar-refractivity contribution < 1.29 is 4.79 Å². The summed E-state index contributed by atoms with van der Waals surface area (Å²) in [6, 6.07) is 18.4. The summed E-state index contributed by atoms with van der Waals surface area (Å²) in [6.07, 6.45) is 6.43. The second-order valence-corrected chi connectivity index (χ2v) is 7.51. The molecule has 0 radical (unpaired) electrons. The van der Waals surface area contributed by atoms with Gasteiger partial charge < -0.3 is 10.6 Å². The van der Waals surface area contributed by atoms with Crippen molar-refractivity contribution in [1.29, 1.82) is 0 Å². The predicted molar refractivity (Wildman–Crippen MR) is 102 cm³/mol. The summed E-state index contributed by atoms with van der Waals surface area (Å²) in [6.45, 7) is 1.22. The van der Waals surface area contributed by atoms with Crippen LogP contribution in [-0.4, -0.2) is 18.5 Å². The quantitative estimate of drug-likeness (QED) is 0.757. The number of hydrogen-bond donors (Lipinski definition) is 2. The van der Waals surface area contributed by atoms with Gasteiger partial charge in [0.1, 0.15) is 0 Å². The van der Waals surface area contributed by atoms with Gasteiger partial charge in [0.25, 0.3) is 5.91 Å². The number of para-hydroxylation sites is 1. The van der Waals surface area contributed by atoms with Gasteiger partial charge >= 0.3 is 0 Å². The molecule has 2 N–H and O–H groups in total. The van der Waals surface area contributed by atoms with E-state index in [1.54, 1.807) is 0 Å². The second-order valence-electron chi connectivity index (χ2n) is 7.51. The van der Waals surface area contributed by atoms with E-state index in [4.69, 9.17) is 0 Å². The van der Waals surface area contributed by atoms with Crippen molar-refractivity contribution in [3.63, 3.8) is 0 Å². The third-order valence-corrected chi connectivity index (χ3v) is 5.31. The van der Waals surface area contributed by atoms with Crippen molar-refractivity contribution in [2.24, 2.45) is 11.8 Å². The first-order valence-electron chi connectivity index (χ1n) is 9.46. The van der Waals surface area contributed by atoms with Crippen LogP contribution in [0, 0.1) is 11.8 Å². The van der Waals surface area contributed by atoms with Crippen molar-refractivity contribution in [3.05, 3.63) is 65.7 Å². The van der Waals surface area contributed by atoms with Crippen LogP contribution in [0.5, 0.6) is 0 Å². The largest absolute Gasteiger partial charge is 0.322 e. The fourth-order valence-corrected chi connectivity index (χ4v) is 3.40. The monoisotopic (exact) mass is 334 g/mol. The van der Waals surface area contributed by atoms with E-state index in [1.165, 1.54) is 37.8 Å². The first-order valence-corrected chi connectivity index (χ1v) is 9.46. The SMILES string of the molecule is O=C(Nc1ccccc1)c1cccc(CCC2CC2NCC2CC2)c1. The average molecular weight is 334 g/mol. The van der Waals surface area contributed by atoms with Gasteiger partial charge in [0.05, 0.1) is 0 Å². The van der Waals surface area contributed by atoms with Crippen molar-refractivity contribution in [1.82, 2.24) is 5.32 Å². The van der Waals surface area contributed by atoms with Crippen LogP contribution in [0.2, 0.25) is 0 Å². The Balaban J connectivity index is 1.27. The molecule has 130 valence electrons. The van der Waals surface area contributed by atoms with Gasteiger partial charge in [-0.25, -0.2) is 0 Å². The molecule has 2 aromatic carbocycles. The molecule has 2 atom stereocenters. The van der Waals surface area contributed by atoms with Gasteiger partial charge in [-0.15, -0.1) is 0 Å². The number of rotatable bonds is 8. The highest BCUT2D eigenvalue weighted by Gasteiger charge is 2.37. The normalized spacial score (nSPS) is 21.8. The first-order chi connectivity index (χ1) is 12.3. The zero-order valence-corrected chi connectivity index (χ0v) is 14.6. The van der Waals surface area contributed by atoms with Crippen LogP contribution in [0.25, 0.3) is 0 Å². The number of hydrogen-bond acceptors (Lipinski definition) is 2. The van der Waals surface area contributed by atoms with Gasteiger partial charge in [-0.1, -0.05) is 30.3 Å². The molecule has 2 aliphatic carbocycles. The van der Waals surface area contributed by atoms with E-state index in [9.17, 15) is 4.79 Å². The summed E-state index contributed by atoms with van der Waals surface area (Å²) in [7, 11) is 0. The molecule has 3 nitrogen and oxygen atoms in total. The molecule has 4 rings (SSSR count). The Hall–Kier alpha value is -2.13. The van der Waals surface area contributed by atoms with Crippen molar-refractivity contribution >= 4 is 11.6 Å². The molecule has 2 unspecified atom stereocenters. The lowest BCUT2D eigenvalue weighted by Gasteiger charge is -2.07. The lowest BCUT2D eigenvalue weighted by atomic mass is 10.0. The fraction of sp³-hybridized carbons (Fsp3) is 0.409. The number of nitrogens with one attached hydrogen (secondary N) is 2. The number of anilines is 1. The maximum atomic E-state index is 12.4. The van der Waals surface area contributed by atoms with Crippen molar-refractivity contribution in [2.45, 2.75) is 38.1 Å². The highest BCUT2D eigenvalue weighted by Crippen LogP contribution is 2.36. The van der Waals surface area contributed by atoms with Crippen LogP contribution in [0.1, 0.15) is 41.6 Å². The minimum atomic E-state index is -0.0385. The van der Waals surface area contributed by atoms with Crippen LogP contribution >= 0.6 is 0 Å². The molecular formula is C22H26N2O. The molecule has 0 heterocycles. The minimum absolute atomic E-state index is 0.0385. The van der Waals surface area contributed by atoms with Crippen molar-refractivity contribution in [2.75, 3.05) is 11.9 Å². The Morgan fingerprint density at radius 3 is 2.68 bits per heavy atom. The van der Waals surface area contributed by atoms with Crippen LogP contribution in [0.3, 0.4) is 0 Å². The Bertz CT molecular complexity index is 724. The number of aryl methyl sites for hydroxylation is 1. The summed E-state index contributed by atoms with van der Waals surface area (Å²) in [5, 5.41) is 6.65. The zero-order chi connectivity index (χ0) is 17.1. The Morgan fingerprint density at radius 2 is 1.88 bits per heavy atom. The maximum absolute atomic E-state index is 12.4.